The summed E-state index contributed by atoms with van der Waals surface area (Å²) >= 11 is 1.42. The van der Waals surface area contributed by atoms with Crippen LogP contribution in [0.1, 0.15) is 23.4 Å². The van der Waals surface area contributed by atoms with E-state index in [9.17, 15) is 14.7 Å². The Balaban J connectivity index is 1.60. The fourth-order valence-corrected chi connectivity index (χ4v) is 4.66. The van der Waals surface area contributed by atoms with Gasteiger partial charge in [-0.15, -0.1) is 11.3 Å². The van der Waals surface area contributed by atoms with Crippen molar-refractivity contribution in [2.75, 3.05) is 26.9 Å². The molecule has 0 spiro atoms. The molecule has 176 valence electrons. The van der Waals surface area contributed by atoms with Crippen LogP contribution >= 0.6 is 11.3 Å². The van der Waals surface area contributed by atoms with Gasteiger partial charge in [0.1, 0.15) is 29.6 Å². The molecule has 4 rings (SSSR count). The summed E-state index contributed by atoms with van der Waals surface area (Å²) in [6.45, 7) is 2.77. The number of methoxy groups -OCH3 is 1. The zero-order valence-electron chi connectivity index (χ0n) is 18.9. The SMILES string of the molecule is CCOc1ccc(/C(O)=C2/C(=O)C(=O)N(CCOc3ccc(OC)cc3)C2c2cccs2)cc1. The van der Waals surface area contributed by atoms with Crippen LogP contribution in [0.4, 0.5) is 0 Å². The zero-order valence-corrected chi connectivity index (χ0v) is 19.7. The van der Waals surface area contributed by atoms with Gasteiger partial charge in [-0.3, -0.25) is 9.59 Å². The van der Waals surface area contributed by atoms with Crippen LogP contribution in [0.25, 0.3) is 5.76 Å². The van der Waals surface area contributed by atoms with Crippen LogP contribution < -0.4 is 14.2 Å². The van der Waals surface area contributed by atoms with Crippen LogP contribution in [-0.2, 0) is 9.59 Å². The van der Waals surface area contributed by atoms with Crippen LogP contribution in [0.3, 0.4) is 0 Å². The molecule has 7 nitrogen and oxygen atoms in total. The normalized spacial score (nSPS) is 17.1. The predicted octanol–water partition coefficient (Wildman–Crippen LogP) is 4.66. The van der Waals surface area contributed by atoms with E-state index in [1.807, 2.05) is 24.4 Å². The largest absolute Gasteiger partial charge is 0.507 e. The Labute approximate surface area is 201 Å². The van der Waals surface area contributed by atoms with Crippen molar-refractivity contribution in [3.05, 3.63) is 82.1 Å². The van der Waals surface area contributed by atoms with Crippen molar-refractivity contribution in [1.82, 2.24) is 4.90 Å². The third-order valence-corrected chi connectivity index (χ3v) is 6.38. The molecule has 1 unspecified atom stereocenters. The van der Waals surface area contributed by atoms with Crippen LogP contribution in [0.15, 0.2) is 71.6 Å². The van der Waals surface area contributed by atoms with E-state index in [0.29, 0.717) is 29.4 Å². The molecule has 8 heteroatoms. The molecule has 1 N–H and O–H groups in total. The molecule has 0 bridgehead atoms. The second-order valence-corrected chi connectivity index (χ2v) is 8.47. The molecule has 2 heterocycles. The quantitative estimate of drug-likeness (QED) is 0.273. The lowest BCUT2D eigenvalue weighted by atomic mass is 10.00. The number of rotatable bonds is 9. The van der Waals surface area contributed by atoms with Crippen LogP contribution in [0, 0.1) is 0 Å². The van der Waals surface area contributed by atoms with Gasteiger partial charge in [-0.25, -0.2) is 0 Å². The number of likely N-dealkylation sites (tertiary alicyclic amines) is 1. The first-order chi connectivity index (χ1) is 16.5. The zero-order chi connectivity index (χ0) is 24.1. The molecule has 3 aromatic rings. The Morgan fingerprint density at radius 3 is 2.24 bits per heavy atom. The van der Waals surface area contributed by atoms with Crippen molar-refractivity contribution in [3.8, 4) is 17.2 Å². The summed E-state index contributed by atoms with van der Waals surface area (Å²) in [6.07, 6.45) is 0. The summed E-state index contributed by atoms with van der Waals surface area (Å²) in [5, 5.41) is 12.9. The highest BCUT2D eigenvalue weighted by atomic mass is 32.1. The van der Waals surface area contributed by atoms with Gasteiger partial charge in [0.2, 0.25) is 0 Å². The molecule has 1 atom stereocenters. The topological polar surface area (TPSA) is 85.3 Å². The first-order valence-electron chi connectivity index (χ1n) is 10.9. The molecule has 1 aliphatic heterocycles. The maximum absolute atomic E-state index is 13.0. The van der Waals surface area contributed by atoms with E-state index in [2.05, 4.69) is 0 Å². The number of ketones is 1. The number of hydrogen-bond donors (Lipinski definition) is 1. The van der Waals surface area contributed by atoms with E-state index in [1.54, 1.807) is 55.6 Å². The van der Waals surface area contributed by atoms with Gasteiger partial charge in [-0.1, -0.05) is 6.07 Å². The highest BCUT2D eigenvalue weighted by Gasteiger charge is 2.46. The molecule has 0 aliphatic carbocycles. The Bertz CT molecular complexity index is 1170. The summed E-state index contributed by atoms with van der Waals surface area (Å²) in [6, 6.07) is 16.9. The fourth-order valence-electron chi connectivity index (χ4n) is 3.82. The summed E-state index contributed by atoms with van der Waals surface area (Å²) in [4.78, 5) is 28.2. The monoisotopic (exact) mass is 479 g/mol. The van der Waals surface area contributed by atoms with E-state index < -0.39 is 17.7 Å². The number of benzene rings is 2. The second kappa shape index (κ2) is 10.4. The minimum absolute atomic E-state index is 0.0704. The first kappa shape index (κ1) is 23.4. The average molecular weight is 480 g/mol. The van der Waals surface area contributed by atoms with Crippen molar-refractivity contribution in [3.63, 3.8) is 0 Å². The molecule has 2 aromatic carbocycles. The number of nitrogens with zero attached hydrogens (tertiary/aromatic N) is 1. The molecule has 1 fully saturated rings. The molecule has 1 amide bonds. The molecular formula is C26H25NO6S. The summed E-state index contributed by atoms with van der Waals surface area (Å²) in [5.41, 5.74) is 0.513. The van der Waals surface area contributed by atoms with Gasteiger partial charge in [0.15, 0.2) is 0 Å². The molecule has 1 aromatic heterocycles. The summed E-state index contributed by atoms with van der Waals surface area (Å²) < 4.78 is 16.4. The minimum Gasteiger partial charge on any atom is -0.507 e. The van der Waals surface area contributed by atoms with Crippen molar-refractivity contribution >= 4 is 28.8 Å². The van der Waals surface area contributed by atoms with Crippen molar-refractivity contribution in [2.45, 2.75) is 13.0 Å². The number of thiophene rings is 1. The van der Waals surface area contributed by atoms with Gasteiger partial charge >= 0.3 is 0 Å². The summed E-state index contributed by atoms with van der Waals surface area (Å²) in [7, 11) is 1.59. The Morgan fingerprint density at radius 2 is 1.62 bits per heavy atom. The number of ether oxygens (including phenoxy) is 3. The highest BCUT2D eigenvalue weighted by Crippen LogP contribution is 2.41. The maximum Gasteiger partial charge on any atom is 0.295 e. The van der Waals surface area contributed by atoms with E-state index in [-0.39, 0.29) is 24.5 Å². The third kappa shape index (κ3) is 4.77. The first-order valence-corrected chi connectivity index (χ1v) is 11.7. The van der Waals surface area contributed by atoms with Crippen LogP contribution in [0.5, 0.6) is 17.2 Å². The lowest BCUT2D eigenvalue weighted by molar-refractivity contribution is -0.140. The van der Waals surface area contributed by atoms with Gasteiger partial charge in [0.05, 0.1) is 31.9 Å². The molecule has 34 heavy (non-hydrogen) atoms. The number of aliphatic hydroxyl groups is 1. The molecule has 0 radical (unpaired) electrons. The lowest BCUT2D eigenvalue weighted by Crippen LogP contribution is -2.33. The smallest absolute Gasteiger partial charge is 0.295 e. The van der Waals surface area contributed by atoms with Crippen molar-refractivity contribution in [1.29, 1.82) is 0 Å². The fraction of sp³-hybridized carbons (Fsp3) is 0.231. The van der Waals surface area contributed by atoms with Crippen molar-refractivity contribution < 1.29 is 28.9 Å². The number of Topliss-reactive ketones (excluding diaryl/α,β-unsaturated/α-hetero) is 1. The van der Waals surface area contributed by atoms with E-state index in [0.717, 1.165) is 4.88 Å². The molecular weight excluding hydrogens is 454 g/mol. The van der Waals surface area contributed by atoms with E-state index >= 15 is 0 Å². The van der Waals surface area contributed by atoms with Crippen molar-refractivity contribution in [2.24, 2.45) is 0 Å². The standard InChI is InChI=1S/C26H25NO6S/c1-3-32-19-8-6-17(7-9-19)24(28)22-23(21-5-4-16-34-21)27(26(30)25(22)29)14-15-33-20-12-10-18(31-2)11-13-20/h4-13,16,23,28H,3,14-15H2,1-2H3/b24-22-. The molecule has 0 saturated carbocycles. The van der Waals surface area contributed by atoms with Gasteiger partial charge < -0.3 is 24.2 Å². The van der Waals surface area contributed by atoms with E-state index in [4.69, 9.17) is 14.2 Å². The van der Waals surface area contributed by atoms with Crippen LogP contribution in [0.2, 0.25) is 0 Å². The van der Waals surface area contributed by atoms with Crippen LogP contribution in [-0.4, -0.2) is 48.6 Å². The predicted molar refractivity (Wildman–Crippen MR) is 129 cm³/mol. The van der Waals surface area contributed by atoms with Gasteiger partial charge in [-0.2, -0.15) is 0 Å². The Kier molecular flexibility index (Phi) is 7.18. The van der Waals surface area contributed by atoms with Gasteiger partial charge in [0.25, 0.3) is 11.7 Å². The number of carbonyl (C=O) groups is 2. The molecule has 1 saturated heterocycles. The maximum atomic E-state index is 13.0. The third-order valence-electron chi connectivity index (χ3n) is 5.45. The lowest BCUT2D eigenvalue weighted by Gasteiger charge is -2.24. The van der Waals surface area contributed by atoms with Gasteiger partial charge in [0, 0.05) is 10.4 Å². The minimum atomic E-state index is -0.714. The molecule has 1 aliphatic rings. The number of hydrogen-bond acceptors (Lipinski definition) is 7. The average Bonchev–Trinajstić information content (AvgIpc) is 3.47. The second-order valence-electron chi connectivity index (χ2n) is 7.49. The Morgan fingerprint density at radius 1 is 0.971 bits per heavy atom. The number of carbonyl (C=O) groups excluding carboxylic acids is 2. The number of aliphatic hydroxyl groups excluding tert-OH is 1. The highest BCUT2D eigenvalue weighted by molar-refractivity contribution is 7.10. The summed E-state index contributed by atoms with van der Waals surface area (Å²) in [5.74, 6) is 0.409. The number of amides is 1. The Hall–Kier alpha value is -3.78. The van der Waals surface area contributed by atoms with Gasteiger partial charge in [-0.05, 0) is 66.9 Å². The van der Waals surface area contributed by atoms with E-state index in [1.165, 1.54) is 16.2 Å².